The second kappa shape index (κ2) is 52.1. The first-order valence-corrected chi connectivity index (χ1v) is 20.9. The molecule has 0 aromatic heterocycles. The predicted octanol–water partition coefficient (Wildman–Crippen LogP) is 10.3. The molecule has 0 aromatic rings. The van der Waals surface area contributed by atoms with Gasteiger partial charge in [0.25, 0.3) is 0 Å². The van der Waals surface area contributed by atoms with E-state index in [2.05, 4.69) is 20.8 Å². The van der Waals surface area contributed by atoms with Gasteiger partial charge in [0.1, 0.15) is 0 Å². The second-order valence-electron chi connectivity index (χ2n) is 14.0. The number of carboxylic acids is 3. The number of aliphatic carboxylic acids is 3. The number of carbonyl (C=O) groups is 3. The molecule has 0 aliphatic carbocycles. The zero-order chi connectivity index (χ0) is 36.2. The van der Waals surface area contributed by atoms with Crippen LogP contribution in [0.5, 0.6) is 0 Å². The Bertz CT molecular complexity index is 557. The largest absolute Gasteiger partial charge is 3.00 e. The molecule has 0 heterocycles. The smallest absolute Gasteiger partial charge is 0.550 e. The zero-order valence-corrected chi connectivity index (χ0v) is 34.9. The van der Waals surface area contributed by atoms with Gasteiger partial charge in [-0.15, -0.1) is 0 Å². The molecule has 0 fully saturated rings. The third kappa shape index (κ3) is 66.5. The first-order chi connectivity index (χ1) is 23.3. The van der Waals surface area contributed by atoms with E-state index in [1.165, 1.54) is 173 Å². The predicted molar refractivity (Wildman–Crippen MR) is 198 cm³/mol. The van der Waals surface area contributed by atoms with Crippen LogP contribution in [0.4, 0.5) is 0 Å². The molecule has 0 radical (unpaired) electrons. The average molecular weight is 841 g/mol. The number of carbonyl (C=O) groups excluding carboxylic acids is 3. The van der Waals surface area contributed by atoms with Gasteiger partial charge in [0.15, 0.2) is 0 Å². The molecule has 0 spiro atoms. The summed E-state index contributed by atoms with van der Waals surface area (Å²) in [6, 6.07) is 0. The molecule has 6 nitrogen and oxygen atoms in total. The van der Waals surface area contributed by atoms with Crippen LogP contribution in [-0.4, -0.2) is 17.9 Å². The summed E-state index contributed by atoms with van der Waals surface area (Å²) in [6.45, 7) is 6.73. The van der Waals surface area contributed by atoms with Gasteiger partial charge in [0.2, 0.25) is 0 Å². The first kappa shape index (κ1) is 55.5. The molecule has 0 N–H and O–H groups in total. The number of carboxylic acid groups (broad SMARTS) is 3. The van der Waals surface area contributed by atoms with Crippen molar-refractivity contribution in [2.45, 2.75) is 252 Å². The summed E-state index contributed by atoms with van der Waals surface area (Å²) in [7, 11) is 0. The van der Waals surface area contributed by atoms with E-state index in [1.807, 2.05) is 0 Å². The minimum Gasteiger partial charge on any atom is -0.550 e. The molecule has 294 valence electrons. The fraction of sp³-hybridized carbons (Fsp3) is 0.929. The number of unbranched alkanes of at least 4 members (excludes halogenated alkanes) is 30. The summed E-state index contributed by atoms with van der Waals surface area (Å²) >= 11 is 0. The van der Waals surface area contributed by atoms with Crippen LogP contribution >= 0.6 is 0 Å². The van der Waals surface area contributed by atoms with Gasteiger partial charge in [-0.25, -0.2) is 0 Å². The van der Waals surface area contributed by atoms with Crippen LogP contribution in [0.3, 0.4) is 0 Å². The van der Waals surface area contributed by atoms with Crippen LogP contribution < -0.4 is 15.3 Å². The van der Waals surface area contributed by atoms with E-state index in [0.717, 1.165) is 38.5 Å². The van der Waals surface area contributed by atoms with Crippen LogP contribution in [0.25, 0.3) is 0 Å². The Morgan fingerprint density at radius 2 is 0.388 bits per heavy atom. The topological polar surface area (TPSA) is 120 Å². The van der Waals surface area contributed by atoms with Crippen molar-refractivity contribution < 1.29 is 68.3 Å². The van der Waals surface area contributed by atoms with E-state index in [4.69, 9.17) is 0 Å². The van der Waals surface area contributed by atoms with Gasteiger partial charge >= 0.3 is 38.6 Å². The van der Waals surface area contributed by atoms with Crippen molar-refractivity contribution in [3.8, 4) is 0 Å². The van der Waals surface area contributed by atoms with Crippen molar-refractivity contribution in [2.75, 3.05) is 0 Å². The number of rotatable bonds is 36. The zero-order valence-electron chi connectivity index (χ0n) is 32.7. The Hall–Kier alpha value is -0.304. The number of hydrogen-bond acceptors (Lipinski definition) is 6. The molecule has 7 heteroatoms. The van der Waals surface area contributed by atoms with Gasteiger partial charge in [-0.05, 0) is 38.5 Å². The van der Waals surface area contributed by atoms with E-state index < -0.39 is 17.9 Å². The maximum absolute atomic E-state index is 10.1. The minimum absolute atomic E-state index is 0. The fourth-order valence-corrected chi connectivity index (χ4v) is 5.80. The van der Waals surface area contributed by atoms with Crippen LogP contribution in [0.2, 0.25) is 0 Å². The van der Waals surface area contributed by atoms with Gasteiger partial charge in [0.05, 0.1) is 0 Å². The third-order valence-corrected chi connectivity index (χ3v) is 8.95. The molecule has 0 unspecified atom stereocenters. The third-order valence-electron chi connectivity index (χ3n) is 8.95. The quantitative estimate of drug-likeness (QED) is 0.0580. The summed E-state index contributed by atoms with van der Waals surface area (Å²) in [4.78, 5) is 30.4. The summed E-state index contributed by atoms with van der Waals surface area (Å²) in [5.74, 6) is -2.72. The van der Waals surface area contributed by atoms with Crippen LogP contribution in [0.15, 0.2) is 0 Å². The van der Waals surface area contributed by atoms with Crippen molar-refractivity contribution in [1.82, 2.24) is 0 Å². The van der Waals surface area contributed by atoms with E-state index in [1.54, 1.807) is 0 Å². The first-order valence-electron chi connectivity index (χ1n) is 20.9. The molecule has 0 saturated heterocycles. The van der Waals surface area contributed by atoms with Crippen molar-refractivity contribution in [2.24, 2.45) is 0 Å². The Labute approximate surface area is 336 Å². The summed E-state index contributed by atoms with van der Waals surface area (Å²) in [5, 5.41) is 30.4. The SMILES string of the molecule is CCCCCCCCCCCCCC(=O)[O-].CCCCCCCCCCCCCC(=O)[O-].CCCCCCCCCCCCCC(=O)[O-].[Tb+3]. The maximum atomic E-state index is 10.1. The molecule has 0 atom stereocenters. The average Bonchev–Trinajstić information content (AvgIpc) is 3.05. The van der Waals surface area contributed by atoms with E-state index in [9.17, 15) is 29.7 Å². The Morgan fingerprint density at radius 1 is 0.265 bits per heavy atom. The van der Waals surface area contributed by atoms with Gasteiger partial charge in [-0.1, -0.05) is 213 Å². The molecule has 0 rings (SSSR count). The molecular weight excluding hydrogens is 759 g/mol. The standard InChI is InChI=1S/3C14H28O2.Tb/c3*1-2-3-4-5-6-7-8-9-10-11-12-13-14(15)16;/h3*2-13H2,1H3,(H,15,16);/q;;;+3/p-3. The summed E-state index contributed by atoms with van der Waals surface area (Å²) in [5.41, 5.74) is 0. The van der Waals surface area contributed by atoms with E-state index >= 15 is 0 Å². The van der Waals surface area contributed by atoms with E-state index in [-0.39, 0.29) is 57.9 Å². The molecule has 0 aromatic carbocycles. The second-order valence-corrected chi connectivity index (χ2v) is 14.0. The normalized spacial score (nSPS) is 10.3. The molecule has 0 bridgehead atoms. The van der Waals surface area contributed by atoms with Gasteiger partial charge < -0.3 is 29.7 Å². The number of hydrogen-bond donors (Lipinski definition) is 0. The Kier molecular flexibility index (Phi) is 58.9. The molecule has 0 amide bonds. The molecule has 0 aliphatic heterocycles. The molecule has 0 aliphatic rings. The Morgan fingerprint density at radius 3 is 0.510 bits per heavy atom. The van der Waals surface area contributed by atoms with Crippen molar-refractivity contribution in [3.63, 3.8) is 0 Å². The van der Waals surface area contributed by atoms with Gasteiger partial charge in [-0.2, -0.15) is 0 Å². The van der Waals surface area contributed by atoms with Crippen molar-refractivity contribution in [1.29, 1.82) is 0 Å². The molecular formula is C42H81O6Tb. The van der Waals surface area contributed by atoms with Crippen LogP contribution in [0, 0.1) is 38.6 Å². The summed E-state index contributed by atoms with van der Waals surface area (Å²) in [6.07, 6.45) is 42.1. The van der Waals surface area contributed by atoms with Gasteiger partial charge in [0, 0.05) is 17.9 Å². The monoisotopic (exact) mass is 841 g/mol. The maximum Gasteiger partial charge on any atom is 3.00 e. The molecule has 0 saturated carbocycles. The van der Waals surface area contributed by atoms with Crippen molar-refractivity contribution in [3.05, 3.63) is 0 Å². The summed E-state index contributed by atoms with van der Waals surface area (Å²) < 4.78 is 0. The van der Waals surface area contributed by atoms with Gasteiger partial charge in [-0.3, -0.25) is 0 Å². The minimum atomic E-state index is -0.907. The van der Waals surface area contributed by atoms with E-state index in [0.29, 0.717) is 0 Å². The van der Waals surface area contributed by atoms with Crippen LogP contribution in [-0.2, 0) is 14.4 Å². The molecule has 49 heavy (non-hydrogen) atoms. The van der Waals surface area contributed by atoms with Crippen molar-refractivity contribution >= 4 is 17.9 Å². The Balaban J connectivity index is -0.000000307. The fourth-order valence-electron chi connectivity index (χ4n) is 5.80. The van der Waals surface area contributed by atoms with Crippen LogP contribution in [0.1, 0.15) is 252 Å².